The van der Waals surface area contributed by atoms with Crippen molar-refractivity contribution in [1.29, 1.82) is 0 Å². The smallest absolute Gasteiger partial charge is 0.0543 e. The molecule has 2 rings (SSSR count). The van der Waals surface area contributed by atoms with Crippen LogP contribution in [0.2, 0.25) is 5.02 Å². The Morgan fingerprint density at radius 1 is 1.47 bits per heavy atom. The summed E-state index contributed by atoms with van der Waals surface area (Å²) in [4.78, 5) is 1.10. The van der Waals surface area contributed by atoms with Crippen LogP contribution in [0.5, 0.6) is 0 Å². The molecule has 1 saturated heterocycles. The Hall–Kier alpha value is -0.380. The van der Waals surface area contributed by atoms with Gasteiger partial charge in [0.15, 0.2) is 0 Å². The van der Waals surface area contributed by atoms with Crippen LogP contribution in [0.4, 0.5) is 5.69 Å². The molecule has 4 heteroatoms. The number of nitrogen functional groups attached to an aromatic ring is 1. The van der Waals surface area contributed by atoms with Gasteiger partial charge in [-0.3, -0.25) is 0 Å². The summed E-state index contributed by atoms with van der Waals surface area (Å²) in [6, 6.07) is 6.42. The molecule has 1 aromatic carbocycles. The molecule has 0 amide bonds. The third kappa shape index (κ3) is 4.09. The first kappa shape index (κ1) is 13.1. The first-order valence-corrected chi connectivity index (χ1v) is 7.53. The van der Waals surface area contributed by atoms with E-state index in [0.717, 1.165) is 27.4 Å². The zero-order valence-electron chi connectivity index (χ0n) is 9.92. The lowest BCUT2D eigenvalue weighted by Crippen LogP contribution is -2.20. The summed E-state index contributed by atoms with van der Waals surface area (Å²) in [6.07, 6.45) is 5.17. The Labute approximate surface area is 112 Å². The van der Waals surface area contributed by atoms with E-state index in [2.05, 4.69) is 5.32 Å². The molecule has 1 aliphatic heterocycles. The van der Waals surface area contributed by atoms with Gasteiger partial charge in [-0.15, -0.1) is 11.8 Å². The third-order valence-electron chi connectivity index (χ3n) is 3.07. The largest absolute Gasteiger partial charge is 0.399 e. The molecule has 2 nitrogen and oxygen atoms in total. The molecule has 94 valence electrons. The Kier molecular flexibility index (Phi) is 5.01. The Morgan fingerprint density at radius 3 is 3.12 bits per heavy atom. The monoisotopic (exact) mass is 270 g/mol. The minimum absolute atomic E-state index is 0.743. The first-order chi connectivity index (χ1) is 8.25. The summed E-state index contributed by atoms with van der Waals surface area (Å²) in [5, 5.41) is 4.33. The maximum Gasteiger partial charge on any atom is 0.0543 e. The zero-order valence-corrected chi connectivity index (χ0v) is 11.5. The van der Waals surface area contributed by atoms with Gasteiger partial charge in [-0.1, -0.05) is 11.6 Å². The summed E-state index contributed by atoms with van der Waals surface area (Å²) in [7, 11) is 0. The second-order valence-corrected chi connectivity index (χ2v) is 6.02. The van der Waals surface area contributed by atoms with Crippen molar-refractivity contribution in [3.63, 3.8) is 0 Å². The van der Waals surface area contributed by atoms with Gasteiger partial charge in [0.05, 0.1) is 5.02 Å². The Bertz CT molecular complexity index is 364. The second kappa shape index (κ2) is 6.53. The highest BCUT2D eigenvalue weighted by Gasteiger charge is 2.13. The molecule has 17 heavy (non-hydrogen) atoms. The predicted octanol–water partition coefficient (Wildman–Crippen LogP) is 3.55. The summed E-state index contributed by atoms with van der Waals surface area (Å²) in [6.45, 7) is 1.19. The van der Waals surface area contributed by atoms with Gasteiger partial charge < -0.3 is 11.1 Å². The zero-order chi connectivity index (χ0) is 12.1. The SMILES string of the molecule is Nc1ccc(Cl)c(SCCCC2CCCN2)c1. The third-order valence-corrected chi connectivity index (χ3v) is 4.66. The van der Waals surface area contributed by atoms with Crippen LogP contribution in [0.3, 0.4) is 0 Å². The summed E-state index contributed by atoms with van der Waals surface area (Å²) in [5.74, 6) is 1.11. The molecule has 0 radical (unpaired) electrons. The number of halogens is 1. The van der Waals surface area contributed by atoms with E-state index < -0.39 is 0 Å². The summed E-state index contributed by atoms with van der Waals surface area (Å²) >= 11 is 7.92. The molecule has 1 atom stereocenters. The number of nitrogens with two attached hydrogens (primary N) is 1. The average Bonchev–Trinajstić information content (AvgIpc) is 2.82. The highest BCUT2D eigenvalue weighted by Crippen LogP contribution is 2.29. The van der Waals surface area contributed by atoms with E-state index >= 15 is 0 Å². The molecule has 0 aliphatic carbocycles. The molecule has 3 N–H and O–H groups in total. The lowest BCUT2D eigenvalue weighted by Gasteiger charge is -2.09. The number of hydrogen-bond acceptors (Lipinski definition) is 3. The molecule has 0 saturated carbocycles. The fraction of sp³-hybridized carbons (Fsp3) is 0.538. The van der Waals surface area contributed by atoms with E-state index in [0.29, 0.717) is 0 Å². The quantitative estimate of drug-likeness (QED) is 0.488. The van der Waals surface area contributed by atoms with Gasteiger partial charge in [-0.05, 0) is 56.2 Å². The highest BCUT2D eigenvalue weighted by atomic mass is 35.5. The summed E-state index contributed by atoms with van der Waals surface area (Å²) in [5.41, 5.74) is 6.54. The van der Waals surface area contributed by atoms with E-state index in [9.17, 15) is 0 Å². The van der Waals surface area contributed by atoms with Crippen molar-refractivity contribution >= 4 is 29.1 Å². The van der Waals surface area contributed by atoms with E-state index in [4.69, 9.17) is 17.3 Å². The molecular formula is C13H19ClN2S. The van der Waals surface area contributed by atoms with Gasteiger partial charge in [0.2, 0.25) is 0 Å². The van der Waals surface area contributed by atoms with Crippen LogP contribution >= 0.6 is 23.4 Å². The second-order valence-electron chi connectivity index (χ2n) is 4.47. The number of thioether (sulfide) groups is 1. The highest BCUT2D eigenvalue weighted by molar-refractivity contribution is 7.99. The lowest BCUT2D eigenvalue weighted by molar-refractivity contribution is 0.553. The maximum absolute atomic E-state index is 6.11. The van der Waals surface area contributed by atoms with Crippen LogP contribution in [0, 0.1) is 0 Å². The van der Waals surface area contributed by atoms with Crippen molar-refractivity contribution in [2.45, 2.75) is 36.6 Å². The van der Waals surface area contributed by atoms with E-state index in [1.54, 1.807) is 11.8 Å². The fourth-order valence-electron chi connectivity index (χ4n) is 2.15. The first-order valence-electron chi connectivity index (χ1n) is 6.17. The normalized spacial score (nSPS) is 19.7. The minimum Gasteiger partial charge on any atom is -0.399 e. The molecule has 1 unspecified atom stereocenters. The van der Waals surface area contributed by atoms with Gasteiger partial charge >= 0.3 is 0 Å². The Balaban J connectivity index is 1.72. The van der Waals surface area contributed by atoms with Crippen molar-refractivity contribution in [3.05, 3.63) is 23.2 Å². The van der Waals surface area contributed by atoms with Crippen LogP contribution in [0.1, 0.15) is 25.7 Å². The van der Waals surface area contributed by atoms with Crippen LogP contribution in [-0.4, -0.2) is 18.3 Å². The number of nitrogens with one attached hydrogen (secondary N) is 1. The topological polar surface area (TPSA) is 38.0 Å². The van der Waals surface area contributed by atoms with Crippen LogP contribution in [-0.2, 0) is 0 Å². The number of rotatable bonds is 5. The molecular weight excluding hydrogens is 252 g/mol. The molecule has 0 aromatic heterocycles. The standard InChI is InChI=1S/C13H19ClN2S/c14-12-6-5-10(15)9-13(12)17-8-2-4-11-3-1-7-16-11/h5-6,9,11,16H,1-4,7-8,15H2. The van der Waals surface area contributed by atoms with Crippen molar-refractivity contribution in [2.24, 2.45) is 0 Å². The molecule has 1 aromatic rings. The Morgan fingerprint density at radius 2 is 2.35 bits per heavy atom. The van der Waals surface area contributed by atoms with E-state index in [1.165, 1.54) is 32.2 Å². The van der Waals surface area contributed by atoms with E-state index in [-0.39, 0.29) is 0 Å². The van der Waals surface area contributed by atoms with Crippen LogP contribution < -0.4 is 11.1 Å². The molecule has 1 aliphatic rings. The van der Waals surface area contributed by atoms with Gasteiger partial charge in [-0.25, -0.2) is 0 Å². The molecule has 1 heterocycles. The van der Waals surface area contributed by atoms with Gasteiger partial charge in [0.25, 0.3) is 0 Å². The van der Waals surface area contributed by atoms with Crippen molar-refractivity contribution < 1.29 is 0 Å². The molecule has 0 bridgehead atoms. The van der Waals surface area contributed by atoms with Crippen molar-refractivity contribution in [2.75, 3.05) is 18.0 Å². The number of anilines is 1. The average molecular weight is 271 g/mol. The van der Waals surface area contributed by atoms with Crippen LogP contribution in [0.25, 0.3) is 0 Å². The summed E-state index contributed by atoms with van der Waals surface area (Å²) < 4.78 is 0. The van der Waals surface area contributed by atoms with Gasteiger partial charge in [0.1, 0.15) is 0 Å². The maximum atomic E-state index is 6.11. The molecule has 0 spiro atoms. The minimum atomic E-state index is 0.743. The van der Waals surface area contributed by atoms with Gasteiger partial charge in [0, 0.05) is 16.6 Å². The lowest BCUT2D eigenvalue weighted by atomic mass is 10.1. The predicted molar refractivity (Wildman–Crippen MR) is 76.8 cm³/mol. The number of benzene rings is 1. The molecule has 1 fully saturated rings. The van der Waals surface area contributed by atoms with Crippen molar-refractivity contribution in [1.82, 2.24) is 5.32 Å². The fourth-order valence-corrected chi connectivity index (χ4v) is 3.38. The van der Waals surface area contributed by atoms with Crippen LogP contribution in [0.15, 0.2) is 23.1 Å². The van der Waals surface area contributed by atoms with Crippen molar-refractivity contribution in [3.8, 4) is 0 Å². The number of hydrogen-bond donors (Lipinski definition) is 2. The van der Waals surface area contributed by atoms with Gasteiger partial charge in [-0.2, -0.15) is 0 Å². The van der Waals surface area contributed by atoms with E-state index in [1.807, 2.05) is 18.2 Å².